The van der Waals surface area contributed by atoms with Gasteiger partial charge in [-0.2, -0.15) is 0 Å². The highest BCUT2D eigenvalue weighted by atomic mass is 16.5. The van der Waals surface area contributed by atoms with E-state index < -0.39 is 0 Å². The lowest BCUT2D eigenvalue weighted by Gasteiger charge is -2.21. The zero-order valence-electron chi connectivity index (χ0n) is 15.2. The molecule has 0 aliphatic rings. The molecule has 0 fully saturated rings. The first-order chi connectivity index (χ1) is 10.2. The molecule has 0 aromatic carbocycles. The van der Waals surface area contributed by atoms with Gasteiger partial charge in [-0.15, -0.1) is 0 Å². The predicted molar refractivity (Wildman–Crippen MR) is 88.7 cm³/mol. The van der Waals surface area contributed by atoms with Crippen molar-refractivity contribution in [2.24, 2.45) is 11.8 Å². The van der Waals surface area contributed by atoms with Crippen LogP contribution in [0.15, 0.2) is 0 Å². The fourth-order valence-electron chi connectivity index (χ4n) is 2.50. The lowest BCUT2D eigenvalue weighted by atomic mass is 10.0. The van der Waals surface area contributed by atoms with Gasteiger partial charge in [0.15, 0.2) is 0 Å². The van der Waals surface area contributed by atoms with E-state index in [9.17, 15) is 9.59 Å². The van der Waals surface area contributed by atoms with Crippen molar-refractivity contribution in [3.63, 3.8) is 0 Å². The number of Topliss-reactive ketones (excluding diaryl/α,β-unsaturated/α-hetero) is 1. The monoisotopic (exact) mass is 314 g/mol. The van der Waals surface area contributed by atoms with Crippen molar-refractivity contribution < 1.29 is 19.1 Å². The van der Waals surface area contributed by atoms with Gasteiger partial charge >= 0.3 is 5.97 Å². The number of hydrogen-bond acceptors (Lipinski definition) is 4. The summed E-state index contributed by atoms with van der Waals surface area (Å²) in [6, 6.07) is 0. The van der Waals surface area contributed by atoms with Crippen LogP contribution in [-0.4, -0.2) is 31.1 Å². The van der Waals surface area contributed by atoms with Crippen molar-refractivity contribution >= 4 is 11.8 Å². The molecule has 0 unspecified atom stereocenters. The average molecular weight is 314 g/mol. The number of carbonyl (C=O) groups is 2. The molecule has 0 saturated heterocycles. The molecule has 0 aliphatic carbocycles. The van der Waals surface area contributed by atoms with Gasteiger partial charge in [-0.05, 0) is 31.6 Å². The van der Waals surface area contributed by atoms with Crippen molar-refractivity contribution in [1.29, 1.82) is 0 Å². The molecule has 0 aromatic rings. The summed E-state index contributed by atoms with van der Waals surface area (Å²) >= 11 is 0. The van der Waals surface area contributed by atoms with E-state index in [0.29, 0.717) is 18.3 Å². The van der Waals surface area contributed by atoms with Crippen LogP contribution in [-0.2, 0) is 19.1 Å². The molecule has 0 aliphatic heterocycles. The van der Waals surface area contributed by atoms with Gasteiger partial charge < -0.3 is 9.47 Å². The predicted octanol–water partition coefficient (Wildman–Crippen LogP) is 4.15. The van der Waals surface area contributed by atoms with Gasteiger partial charge in [-0.1, -0.05) is 40.5 Å². The van der Waals surface area contributed by atoms with Crippen LogP contribution < -0.4 is 0 Å². The van der Waals surface area contributed by atoms with Crippen LogP contribution in [0.5, 0.6) is 0 Å². The second-order valence-electron chi connectivity index (χ2n) is 7.03. The molecule has 0 aromatic heterocycles. The summed E-state index contributed by atoms with van der Waals surface area (Å²) in [4.78, 5) is 23.4. The largest absolute Gasteiger partial charge is 0.462 e. The van der Waals surface area contributed by atoms with E-state index in [-0.39, 0.29) is 30.4 Å². The standard InChI is InChI=1S/C18H34O4/c1-13(2)8-7-9-16(21-6)12-18(20)22-17(10-14(3)4)11-15(5)19/h13-14,16-17H,7-12H2,1-6H3/t16-,17-/m0/s1. The first-order valence-corrected chi connectivity index (χ1v) is 8.46. The molecule has 0 amide bonds. The van der Waals surface area contributed by atoms with Crippen LogP contribution in [0.4, 0.5) is 0 Å². The third-order valence-electron chi connectivity index (χ3n) is 3.58. The first-order valence-electron chi connectivity index (χ1n) is 8.46. The van der Waals surface area contributed by atoms with E-state index in [1.165, 1.54) is 6.92 Å². The summed E-state index contributed by atoms with van der Waals surface area (Å²) in [6.07, 6.45) is 3.93. The number of ketones is 1. The summed E-state index contributed by atoms with van der Waals surface area (Å²) in [5.41, 5.74) is 0. The number of esters is 1. The Kier molecular flexibility index (Phi) is 11.2. The highest BCUT2D eigenvalue weighted by Crippen LogP contribution is 2.16. The normalized spacial score (nSPS) is 14.2. The van der Waals surface area contributed by atoms with Crippen molar-refractivity contribution in [2.45, 2.75) is 85.4 Å². The molecule has 130 valence electrons. The SMILES string of the molecule is CO[C@@H](CCCC(C)C)CC(=O)O[C@H](CC(C)=O)CC(C)C. The van der Waals surface area contributed by atoms with E-state index in [4.69, 9.17) is 9.47 Å². The molecule has 0 heterocycles. The molecular formula is C18H34O4. The van der Waals surface area contributed by atoms with E-state index >= 15 is 0 Å². The summed E-state index contributed by atoms with van der Waals surface area (Å²) in [5, 5.41) is 0. The Morgan fingerprint density at radius 2 is 1.55 bits per heavy atom. The molecule has 0 saturated carbocycles. The van der Waals surface area contributed by atoms with E-state index in [2.05, 4.69) is 27.7 Å². The molecule has 0 bridgehead atoms. The first kappa shape index (κ1) is 21.1. The minimum Gasteiger partial charge on any atom is -0.462 e. The smallest absolute Gasteiger partial charge is 0.308 e. The Morgan fingerprint density at radius 1 is 0.909 bits per heavy atom. The second-order valence-corrected chi connectivity index (χ2v) is 7.03. The maximum atomic E-state index is 12.1. The molecule has 0 N–H and O–H groups in total. The Balaban J connectivity index is 4.30. The summed E-state index contributed by atoms with van der Waals surface area (Å²) in [5.74, 6) is 0.846. The van der Waals surface area contributed by atoms with Crippen LogP contribution in [0.1, 0.15) is 73.1 Å². The lowest BCUT2D eigenvalue weighted by molar-refractivity contribution is -0.153. The lowest BCUT2D eigenvalue weighted by Crippen LogP contribution is -2.26. The van der Waals surface area contributed by atoms with Crippen molar-refractivity contribution in [3.05, 3.63) is 0 Å². The summed E-state index contributed by atoms with van der Waals surface area (Å²) < 4.78 is 10.9. The molecule has 0 rings (SSSR count). The van der Waals surface area contributed by atoms with Crippen molar-refractivity contribution in [2.75, 3.05) is 7.11 Å². The fraction of sp³-hybridized carbons (Fsp3) is 0.889. The Bertz CT molecular complexity index is 323. The van der Waals surface area contributed by atoms with Gasteiger partial charge in [0, 0.05) is 13.5 Å². The maximum Gasteiger partial charge on any atom is 0.308 e. The zero-order chi connectivity index (χ0) is 17.1. The van der Waals surface area contributed by atoms with Gasteiger partial charge in [0.05, 0.1) is 12.5 Å². The number of ether oxygens (including phenoxy) is 2. The van der Waals surface area contributed by atoms with Crippen LogP contribution in [0, 0.1) is 11.8 Å². The molecule has 0 radical (unpaired) electrons. The fourth-order valence-corrected chi connectivity index (χ4v) is 2.50. The molecular weight excluding hydrogens is 280 g/mol. The van der Waals surface area contributed by atoms with Crippen LogP contribution >= 0.6 is 0 Å². The Hall–Kier alpha value is -0.900. The maximum absolute atomic E-state index is 12.1. The number of methoxy groups -OCH3 is 1. The van der Waals surface area contributed by atoms with Gasteiger partial charge in [-0.25, -0.2) is 0 Å². The number of hydrogen-bond donors (Lipinski definition) is 0. The minimum atomic E-state index is -0.307. The van der Waals surface area contributed by atoms with E-state index in [1.807, 2.05) is 0 Å². The Labute approximate surface area is 135 Å². The quantitative estimate of drug-likeness (QED) is 0.508. The van der Waals surface area contributed by atoms with E-state index in [1.54, 1.807) is 7.11 Å². The van der Waals surface area contributed by atoms with Crippen molar-refractivity contribution in [3.8, 4) is 0 Å². The topological polar surface area (TPSA) is 52.6 Å². The molecule has 4 nitrogen and oxygen atoms in total. The molecule has 0 spiro atoms. The molecule has 22 heavy (non-hydrogen) atoms. The van der Waals surface area contributed by atoms with Crippen molar-refractivity contribution in [1.82, 2.24) is 0 Å². The Morgan fingerprint density at radius 3 is 2.00 bits per heavy atom. The summed E-state index contributed by atoms with van der Waals surface area (Å²) in [6.45, 7) is 10.0. The van der Waals surface area contributed by atoms with Crippen LogP contribution in [0.25, 0.3) is 0 Å². The highest BCUT2D eigenvalue weighted by molar-refractivity contribution is 5.77. The zero-order valence-corrected chi connectivity index (χ0v) is 15.2. The molecule has 2 atom stereocenters. The number of rotatable bonds is 12. The van der Waals surface area contributed by atoms with E-state index in [0.717, 1.165) is 25.7 Å². The minimum absolute atomic E-state index is 0.0543. The third-order valence-corrected chi connectivity index (χ3v) is 3.58. The second kappa shape index (κ2) is 11.6. The van der Waals surface area contributed by atoms with Gasteiger partial charge in [0.1, 0.15) is 11.9 Å². The third kappa shape index (κ3) is 11.7. The van der Waals surface area contributed by atoms with Crippen LogP contribution in [0.3, 0.4) is 0 Å². The van der Waals surface area contributed by atoms with Gasteiger partial charge in [0.2, 0.25) is 0 Å². The van der Waals surface area contributed by atoms with Gasteiger partial charge in [-0.3, -0.25) is 9.59 Å². The van der Waals surface area contributed by atoms with Crippen LogP contribution in [0.2, 0.25) is 0 Å². The molecule has 4 heteroatoms. The average Bonchev–Trinajstić information content (AvgIpc) is 2.35. The number of carbonyl (C=O) groups excluding carboxylic acids is 2. The van der Waals surface area contributed by atoms with Gasteiger partial charge in [0.25, 0.3) is 0 Å². The summed E-state index contributed by atoms with van der Waals surface area (Å²) in [7, 11) is 1.63. The highest BCUT2D eigenvalue weighted by Gasteiger charge is 2.21.